The van der Waals surface area contributed by atoms with Crippen molar-refractivity contribution in [3.8, 4) is 11.5 Å². The molecule has 3 N–H and O–H groups in total. The van der Waals surface area contributed by atoms with Crippen LogP contribution in [0.3, 0.4) is 0 Å². The molecular weight excluding hydrogens is 482 g/mol. The van der Waals surface area contributed by atoms with Crippen LogP contribution in [0.15, 0.2) is 54.6 Å². The molecular formula is C19H12Cl4O5S. The Morgan fingerprint density at radius 1 is 0.759 bits per heavy atom. The van der Waals surface area contributed by atoms with Crippen molar-refractivity contribution in [1.29, 1.82) is 0 Å². The Bertz CT molecular complexity index is 1210. The van der Waals surface area contributed by atoms with Crippen LogP contribution in [-0.4, -0.2) is 23.2 Å². The van der Waals surface area contributed by atoms with E-state index in [9.17, 15) is 23.2 Å². The summed E-state index contributed by atoms with van der Waals surface area (Å²) in [5, 5.41) is 20.9. The first-order valence-electron chi connectivity index (χ1n) is 7.90. The van der Waals surface area contributed by atoms with Crippen molar-refractivity contribution in [3.63, 3.8) is 0 Å². The summed E-state index contributed by atoms with van der Waals surface area (Å²) < 4.78 is 33.9. The van der Waals surface area contributed by atoms with E-state index in [-0.39, 0.29) is 31.2 Å². The smallest absolute Gasteiger partial charge is 0.283 e. The molecule has 1 atom stereocenters. The Hall–Kier alpha value is -1.67. The van der Waals surface area contributed by atoms with Gasteiger partial charge < -0.3 is 10.2 Å². The third-order valence-corrected chi connectivity index (χ3v) is 7.02. The second-order valence-corrected chi connectivity index (χ2v) is 9.27. The molecule has 3 rings (SSSR count). The highest BCUT2D eigenvalue weighted by Crippen LogP contribution is 2.55. The van der Waals surface area contributed by atoms with Crippen molar-refractivity contribution >= 4 is 56.5 Å². The lowest BCUT2D eigenvalue weighted by Gasteiger charge is -2.34. The van der Waals surface area contributed by atoms with Gasteiger partial charge in [-0.2, -0.15) is 8.42 Å². The first kappa shape index (κ1) is 22.0. The van der Waals surface area contributed by atoms with Crippen LogP contribution in [0.1, 0.15) is 16.7 Å². The second-order valence-electron chi connectivity index (χ2n) is 6.05. The normalized spacial score (nSPS) is 13.8. The molecule has 3 aromatic carbocycles. The fraction of sp³-hybridized carbons (Fsp3) is 0.0526. The van der Waals surface area contributed by atoms with Gasteiger partial charge in [-0.15, -0.1) is 0 Å². The Morgan fingerprint density at radius 2 is 1.34 bits per heavy atom. The van der Waals surface area contributed by atoms with Crippen LogP contribution < -0.4 is 0 Å². The molecule has 0 aliphatic carbocycles. The molecule has 0 spiro atoms. The zero-order valence-corrected chi connectivity index (χ0v) is 18.1. The van der Waals surface area contributed by atoms with Crippen LogP contribution in [0.25, 0.3) is 0 Å². The van der Waals surface area contributed by atoms with Crippen LogP contribution in [0.4, 0.5) is 0 Å². The van der Waals surface area contributed by atoms with Crippen molar-refractivity contribution in [3.05, 3.63) is 91.4 Å². The molecule has 29 heavy (non-hydrogen) atoms. The number of halogens is 4. The molecule has 10 heteroatoms. The van der Waals surface area contributed by atoms with Crippen molar-refractivity contribution in [2.75, 3.05) is 0 Å². The van der Waals surface area contributed by atoms with E-state index in [4.69, 9.17) is 46.4 Å². The third-order valence-electron chi connectivity index (χ3n) is 4.41. The maximum absolute atomic E-state index is 13.0. The molecule has 0 aliphatic heterocycles. The van der Waals surface area contributed by atoms with Gasteiger partial charge in [0.05, 0.1) is 10.6 Å². The van der Waals surface area contributed by atoms with E-state index < -0.39 is 31.9 Å². The fourth-order valence-electron chi connectivity index (χ4n) is 3.24. The molecule has 152 valence electrons. The third kappa shape index (κ3) is 3.54. The van der Waals surface area contributed by atoms with Crippen LogP contribution in [0.5, 0.6) is 11.5 Å². The van der Waals surface area contributed by atoms with Crippen molar-refractivity contribution in [1.82, 2.24) is 0 Å². The number of hydrogen-bond donors (Lipinski definition) is 3. The Labute approximate surface area is 186 Å². The lowest BCUT2D eigenvalue weighted by Crippen LogP contribution is -2.39. The predicted octanol–water partition coefficient (Wildman–Crippen LogP) is 5.89. The minimum absolute atomic E-state index is 0.0834. The quantitative estimate of drug-likeness (QED) is 0.311. The summed E-state index contributed by atoms with van der Waals surface area (Å²) in [6.07, 6.45) is 0. The van der Waals surface area contributed by atoms with Gasteiger partial charge in [-0.05, 0) is 36.4 Å². The van der Waals surface area contributed by atoms with E-state index in [1.165, 1.54) is 42.5 Å². The monoisotopic (exact) mass is 492 g/mol. The minimum atomic E-state index is -5.22. The molecule has 0 saturated heterocycles. The van der Waals surface area contributed by atoms with Crippen LogP contribution in [0, 0.1) is 0 Å². The van der Waals surface area contributed by atoms with Crippen molar-refractivity contribution < 1.29 is 23.2 Å². The van der Waals surface area contributed by atoms with Crippen LogP contribution >= 0.6 is 46.4 Å². The zero-order chi connectivity index (χ0) is 21.6. The lowest BCUT2D eigenvalue weighted by atomic mass is 9.82. The minimum Gasteiger partial charge on any atom is -0.507 e. The van der Waals surface area contributed by atoms with Gasteiger partial charge in [0.1, 0.15) is 11.5 Å². The van der Waals surface area contributed by atoms with E-state index >= 15 is 0 Å². The van der Waals surface area contributed by atoms with Gasteiger partial charge in [0.2, 0.25) is 0 Å². The molecule has 0 aliphatic rings. The van der Waals surface area contributed by atoms with Gasteiger partial charge in [-0.1, -0.05) is 64.6 Å². The van der Waals surface area contributed by atoms with Crippen molar-refractivity contribution in [2.45, 2.75) is 4.75 Å². The second kappa shape index (κ2) is 7.87. The fourth-order valence-corrected chi connectivity index (χ4v) is 5.58. The summed E-state index contributed by atoms with van der Waals surface area (Å²) in [6, 6.07) is 11.9. The highest BCUT2D eigenvalue weighted by Gasteiger charge is 2.54. The number of benzene rings is 3. The number of rotatable bonds is 4. The first-order chi connectivity index (χ1) is 13.5. The SMILES string of the molecule is O=S(=O)(O)C(c1ccccc1Cl)(c1cc(Cl)ccc1Cl)c1c(O)ccc(Cl)c1O. The van der Waals surface area contributed by atoms with Gasteiger partial charge in [0.15, 0.2) is 4.75 Å². The largest absolute Gasteiger partial charge is 0.507 e. The molecule has 0 radical (unpaired) electrons. The average Bonchev–Trinajstić information content (AvgIpc) is 2.64. The van der Waals surface area contributed by atoms with Crippen molar-refractivity contribution in [2.24, 2.45) is 0 Å². The zero-order valence-electron chi connectivity index (χ0n) is 14.3. The predicted molar refractivity (Wildman–Crippen MR) is 114 cm³/mol. The molecule has 1 unspecified atom stereocenters. The standard InChI is InChI=1S/C19H12Cl4O5S/c20-10-5-6-14(22)12(9-10)19(29(26,27)28,11-3-1-2-4-13(11)21)17-16(24)8-7-15(23)18(17)25/h1-9,24-25H,(H,26,27,28). The maximum Gasteiger partial charge on any atom is 0.283 e. The Kier molecular flexibility index (Phi) is 5.98. The highest BCUT2D eigenvalue weighted by atomic mass is 35.5. The summed E-state index contributed by atoms with van der Waals surface area (Å²) in [7, 11) is -5.22. The summed E-state index contributed by atoms with van der Waals surface area (Å²) in [5.74, 6) is -1.44. The Balaban J connectivity index is 2.71. The number of aromatic hydroxyl groups is 2. The molecule has 0 aromatic heterocycles. The van der Waals surface area contributed by atoms with Gasteiger partial charge in [0.25, 0.3) is 10.1 Å². The average molecular weight is 494 g/mol. The van der Waals surface area contributed by atoms with Gasteiger partial charge in [0, 0.05) is 26.2 Å². The molecule has 5 nitrogen and oxygen atoms in total. The van der Waals surface area contributed by atoms with Gasteiger partial charge in [-0.3, -0.25) is 4.55 Å². The molecule has 0 saturated carbocycles. The molecule has 3 aromatic rings. The first-order valence-corrected chi connectivity index (χ1v) is 10.9. The van der Waals surface area contributed by atoms with E-state index in [0.717, 1.165) is 12.1 Å². The number of phenols is 2. The Morgan fingerprint density at radius 3 is 1.97 bits per heavy atom. The summed E-state index contributed by atoms with van der Waals surface area (Å²) in [5.41, 5.74) is -1.04. The summed E-state index contributed by atoms with van der Waals surface area (Å²) in [6.45, 7) is 0. The van der Waals surface area contributed by atoms with E-state index in [1.54, 1.807) is 0 Å². The van der Waals surface area contributed by atoms with E-state index in [1.807, 2.05) is 0 Å². The molecule has 0 heterocycles. The summed E-state index contributed by atoms with van der Waals surface area (Å²) in [4.78, 5) is 0. The van der Waals surface area contributed by atoms with E-state index in [0.29, 0.717) is 0 Å². The molecule has 0 amide bonds. The lowest BCUT2D eigenvalue weighted by molar-refractivity contribution is 0.416. The van der Waals surface area contributed by atoms with Crippen LogP contribution in [0.2, 0.25) is 20.1 Å². The highest BCUT2D eigenvalue weighted by molar-refractivity contribution is 7.87. The van der Waals surface area contributed by atoms with Gasteiger partial charge >= 0.3 is 0 Å². The van der Waals surface area contributed by atoms with E-state index in [2.05, 4.69) is 0 Å². The van der Waals surface area contributed by atoms with Gasteiger partial charge in [-0.25, -0.2) is 0 Å². The molecule has 0 fully saturated rings. The summed E-state index contributed by atoms with van der Waals surface area (Å²) >= 11 is 24.7. The number of phenolic OH excluding ortho intramolecular Hbond substituents is 2. The maximum atomic E-state index is 13.0. The molecule has 0 bridgehead atoms. The van der Waals surface area contributed by atoms with Crippen LogP contribution in [-0.2, 0) is 14.9 Å². The topological polar surface area (TPSA) is 94.8 Å². The number of hydrogen-bond acceptors (Lipinski definition) is 4.